The van der Waals surface area contributed by atoms with Crippen LogP contribution < -0.4 is 5.32 Å². The number of benzene rings is 1. The number of nitrogens with zero attached hydrogens (tertiary/aromatic N) is 1. The number of piperidine rings is 1. The van der Waals surface area contributed by atoms with Crippen LogP contribution in [0.5, 0.6) is 0 Å². The van der Waals surface area contributed by atoms with Crippen LogP contribution in [-0.4, -0.2) is 35.2 Å². The van der Waals surface area contributed by atoms with Crippen LogP contribution in [0.25, 0.3) is 0 Å². The number of likely N-dealkylation sites (tertiary alicyclic amines) is 1. The molecule has 1 aliphatic carbocycles. The molecule has 2 amide bonds. The number of amides is 2. The molecule has 1 atom stereocenters. The second kappa shape index (κ2) is 8.95. The Kier molecular flexibility index (Phi) is 6.77. The second-order valence-corrected chi connectivity index (χ2v) is 9.74. The van der Waals surface area contributed by atoms with Crippen molar-refractivity contribution in [2.24, 2.45) is 0 Å². The van der Waals surface area contributed by atoms with Gasteiger partial charge in [0, 0.05) is 11.6 Å². The number of rotatable bonds is 3. The van der Waals surface area contributed by atoms with Gasteiger partial charge in [-0.2, -0.15) is 0 Å². The minimum Gasteiger partial charge on any atom is -0.444 e. The lowest BCUT2D eigenvalue weighted by Gasteiger charge is -2.41. The zero-order valence-electron chi connectivity index (χ0n) is 17.8. The van der Waals surface area contributed by atoms with Gasteiger partial charge >= 0.3 is 6.09 Å². The fourth-order valence-corrected chi connectivity index (χ4v) is 4.61. The third-order valence-electron chi connectivity index (χ3n) is 5.97. The molecule has 29 heavy (non-hydrogen) atoms. The van der Waals surface area contributed by atoms with E-state index in [1.807, 2.05) is 45.0 Å². The fraction of sp³-hybridized carbons (Fsp3) is 0.652. The van der Waals surface area contributed by atoms with Crippen molar-refractivity contribution in [1.29, 1.82) is 0 Å². The summed E-state index contributed by atoms with van der Waals surface area (Å²) in [7, 11) is 0. The topological polar surface area (TPSA) is 58.6 Å². The summed E-state index contributed by atoms with van der Waals surface area (Å²) in [4.78, 5) is 28.0. The maximum Gasteiger partial charge on any atom is 0.411 e. The summed E-state index contributed by atoms with van der Waals surface area (Å²) >= 11 is 6.08. The molecule has 1 saturated carbocycles. The van der Waals surface area contributed by atoms with E-state index in [0.29, 0.717) is 11.6 Å². The summed E-state index contributed by atoms with van der Waals surface area (Å²) in [5, 5.41) is 3.88. The largest absolute Gasteiger partial charge is 0.444 e. The smallest absolute Gasteiger partial charge is 0.411 e. The van der Waals surface area contributed by atoms with Gasteiger partial charge < -0.3 is 10.1 Å². The first-order chi connectivity index (χ1) is 13.7. The van der Waals surface area contributed by atoms with Gasteiger partial charge in [-0.3, -0.25) is 9.69 Å². The van der Waals surface area contributed by atoms with Crippen LogP contribution in [0.4, 0.5) is 4.79 Å². The van der Waals surface area contributed by atoms with Crippen molar-refractivity contribution in [3.63, 3.8) is 0 Å². The van der Waals surface area contributed by atoms with Crippen molar-refractivity contribution in [1.82, 2.24) is 10.2 Å². The molecule has 6 heteroatoms. The molecule has 0 bridgehead atoms. The van der Waals surface area contributed by atoms with E-state index < -0.39 is 11.0 Å². The summed E-state index contributed by atoms with van der Waals surface area (Å²) < 4.78 is 5.58. The minimum absolute atomic E-state index is 0.0139. The Bertz CT molecular complexity index is 721. The van der Waals surface area contributed by atoms with Gasteiger partial charge in [0.1, 0.15) is 11.8 Å². The van der Waals surface area contributed by atoms with Crippen molar-refractivity contribution in [3.8, 4) is 0 Å². The number of hydrogen-bond donors (Lipinski definition) is 1. The number of ether oxygens (including phenoxy) is 1. The number of halogens is 1. The summed E-state index contributed by atoms with van der Waals surface area (Å²) in [6.45, 7) is 6.19. The normalized spacial score (nSPS) is 22.1. The molecule has 1 aromatic rings. The molecule has 0 aromatic heterocycles. The van der Waals surface area contributed by atoms with Crippen molar-refractivity contribution in [3.05, 3.63) is 34.9 Å². The van der Waals surface area contributed by atoms with E-state index in [2.05, 4.69) is 5.32 Å². The molecule has 1 aromatic carbocycles. The van der Waals surface area contributed by atoms with Crippen LogP contribution in [0.1, 0.15) is 77.7 Å². The first-order valence-corrected chi connectivity index (χ1v) is 11.2. The summed E-state index contributed by atoms with van der Waals surface area (Å²) in [5.74, 6) is 0.0139. The Labute approximate surface area is 179 Å². The molecule has 5 nitrogen and oxygen atoms in total. The van der Waals surface area contributed by atoms with E-state index in [4.69, 9.17) is 16.3 Å². The van der Waals surface area contributed by atoms with Gasteiger partial charge in [0.15, 0.2) is 0 Å². The molecule has 1 aliphatic heterocycles. The first kappa shape index (κ1) is 21.9. The van der Waals surface area contributed by atoms with Crippen LogP contribution in [0, 0.1) is 0 Å². The van der Waals surface area contributed by atoms with Crippen LogP contribution in [0.15, 0.2) is 24.3 Å². The predicted octanol–water partition coefficient (Wildman–Crippen LogP) is 5.41. The molecule has 1 heterocycles. The molecule has 160 valence electrons. The lowest BCUT2D eigenvalue weighted by atomic mass is 9.68. The zero-order valence-corrected chi connectivity index (χ0v) is 18.6. The predicted molar refractivity (Wildman–Crippen MR) is 115 cm³/mol. The van der Waals surface area contributed by atoms with Crippen molar-refractivity contribution in [2.75, 3.05) is 6.54 Å². The molecule has 0 spiro atoms. The molecule has 1 saturated heterocycles. The molecule has 0 radical (unpaired) electrons. The minimum atomic E-state index is -0.559. The lowest BCUT2D eigenvalue weighted by Crippen LogP contribution is -2.58. The number of carbonyl (C=O) groups is 2. The Morgan fingerprint density at radius 2 is 1.72 bits per heavy atom. The van der Waals surface area contributed by atoms with Crippen molar-refractivity contribution in [2.45, 2.75) is 89.3 Å². The molecule has 2 aliphatic rings. The molecule has 3 rings (SSSR count). The molecule has 1 N–H and O–H groups in total. The highest BCUT2D eigenvalue weighted by Crippen LogP contribution is 2.40. The number of hydrogen-bond acceptors (Lipinski definition) is 3. The lowest BCUT2D eigenvalue weighted by molar-refractivity contribution is -0.130. The van der Waals surface area contributed by atoms with Gasteiger partial charge in [0.25, 0.3) is 0 Å². The zero-order chi connectivity index (χ0) is 21.1. The molecule has 1 unspecified atom stereocenters. The highest BCUT2D eigenvalue weighted by Gasteiger charge is 2.43. The Hall–Kier alpha value is -1.75. The molecular weight excluding hydrogens is 388 g/mol. The standard InChI is InChI=1S/C23H33ClN2O3/c1-22(2,3)29-21(28)26-16-8-5-9-19(26)25-20(27)23(14-6-4-7-15-23)17-10-12-18(24)13-11-17/h10-13,19H,4-9,14-16H2,1-3H3,(H,25,27). The second-order valence-electron chi connectivity index (χ2n) is 9.31. The van der Waals surface area contributed by atoms with Gasteiger partial charge in [0.05, 0.1) is 5.41 Å². The summed E-state index contributed by atoms with van der Waals surface area (Å²) in [6.07, 6.45) is 6.82. The van der Waals surface area contributed by atoms with E-state index in [0.717, 1.165) is 56.9 Å². The van der Waals surface area contributed by atoms with E-state index in [1.165, 1.54) is 0 Å². The van der Waals surface area contributed by atoms with E-state index in [1.54, 1.807) is 4.90 Å². The first-order valence-electron chi connectivity index (χ1n) is 10.8. The van der Waals surface area contributed by atoms with Gasteiger partial charge in [-0.05, 0) is 70.6 Å². The summed E-state index contributed by atoms with van der Waals surface area (Å²) in [6, 6.07) is 7.65. The SMILES string of the molecule is CC(C)(C)OC(=O)N1CCCCC1NC(=O)C1(c2ccc(Cl)cc2)CCCCC1. The Morgan fingerprint density at radius 1 is 1.07 bits per heavy atom. The average Bonchev–Trinajstić information content (AvgIpc) is 2.68. The van der Waals surface area contributed by atoms with E-state index in [-0.39, 0.29) is 18.2 Å². The maximum absolute atomic E-state index is 13.6. The van der Waals surface area contributed by atoms with Crippen molar-refractivity contribution < 1.29 is 14.3 Å². The highest BCUT2D eigenvalue weighted by molar-refractivity contribution is 6.30. The Balaban J connectivity index is 1.80. The van der Waals surface area contributed by atoms with Crippen LogP contribution in [-0.2, 0) is 14.9 Å². The van der Waals surface area contributed by atoms with Crippen LogP contribution >= 0.6 is 11.6 Å². The maximum atomic E-state index is 13.6. The van der Waals surface area contributed by atoms with Crippen molar-refractivity contribution >= 4 is 23.6 Å². The summed E-state index contributed by atoms with van der Waals surface area (Å²) in [5.41, 5.74) is -0.101. The van der Waals surface area contributed by atoms with Gasteiger partial charge in [-0.15, -0.1) is 0 Å². The van der Waals surface area contributed by atoms with E-state index >= 15 is 0 Å². The van der Waals surface area contributed by atoms with Crippen LogP contribution in [0.3, 0.4) is 0 Å². The molecule has 2 fully saturated rings. The average molecular weight is 421 g/mol. The third-order valence-corrected chi connectivity index (χ3v) is 6.22. The highest BCUT2D eigenvalue weighted by atomic mass is 35.5. The van der Waals surface area contributed by atoms with Gasteiger partial charge in [0.2, 0.25) is 5.91 Å². The van der Waals surface area contributed by atoms with Gasteiger partial charge in [-0.1, -0.05) is 43.0 Å². The third kappa shape index (κ3) is 5.25. The number of carbonyl (C=O) groups excluding carboxylic acids is 2. The molecular formula is C23H33ClN2O3. The monoisotopic (exact) mass is 420 g/mol. The Morgan fingerprint density at radius 3 is 2.34 bits per heavy atom. The number of nitrogens with one attached hydrogen (secondary N) is 1. The van der Waals surface area contributed by atoms with Crippen LogP contribution in [0.2, 0.25) is 5.02 Å². The fourth-order valence-electron chi connectivity index (χ4n) is 4.48. The quantitative estimate of drug-likeness (QED) is 0.711. The van der Waals surface area contributed by atoms with E-state index in [9.17, 15) is 9.59 Å². The van der Waals surface area contributed by atoms with Gasteiger partial charge in [-0.25, -0.2) is 4.79 Å².